The number of halogens is 1. The Morgan fingerprint density at radius 2 is 1.89 bits per heavy atom. The van der Waals surface area contributed by atoms with Gasteiger partial charge in [0.25, 0.3) is 5.91 Å². The third kappa shape index (κ3) is 4.14. The number of nitrogens with one attached hydrogen (secondary N) is 1. The molecule has 3 amide bonds. The monoisotopic (exact) mass is 430 g/mol. The van der Waals surface area contributed by atoms with Gasteiger partial charge in [-0.05, 0) is 52.2 Å². The summed E-state index contributed by atoms with van der Waals surface area (Å²) < 4.78 is 12.1. The zero-order chi connectivity index (χ0) is 19.6. The topological polar surface area (TPSA) is 67.9 Å². The molecule has 1 fully saturated rings. The summed E-state index contributed by atoms with van der Waals surface area (Å²) in [5.41, 5.74) is 3.14. The number of urea groups is 1. The Labute approximate surface area is 165 Å². The number of nitrogens with zero attached hydrogens (tertiary/aromatic N) is 1. The fourth-order valence-corrected chi connectivity index (χ4v) is 3.17. The lowest BCUT2D eigenvalue weighted by Gasteiger charge is -2.14. The van der Waals surface area contributed by atoms with Crippen molar-refractivity contribution in [3.05, 3.63) is 63.3 Å². The van der Waals surface area contributed by atoms with E-state index in [9.17, 15) is 9.59 Å². The van der Waals surface area contributed by atoms with Crippen molar-refractivity contribution in [1.82, 2.24) is 10.2 Å². The number of imide groups is 1. The van der Waals surface area contributed by atoms with Crippen LogP contribution in [-0.4, -0.2) is 31.0 Å². The number of carbonyl (C=O) groups excluding carboxylic acids is 2. The summed E-state index contributed by atoms with van der Waals surface area (Å²) in [6.07, 6.45) is 1.60. The zero-order valence-electron chi connectivity index (χ0n) is 15.2. The molecule has 0 spiro atoms. The number of hydrogen-bond acceptors (Lipinski definition) is 4. The molecule has 6 nitrogen and oxygen atoms in total. The highest BCUT2D eigenvalue weighted by Crippen LogP contribution is 2.38. The third-order valence-corrected chi connectivity index (χ3v) is 4.74. The quantitative estimate of drug-likeness (QED) is 0.577. The summed E-state index contributed by atoms with van der Waals surface area (Å²) in [6.45, 7) is 2.43. The molecule has 1 aliphatic rings. The fraction of sp³-hybridized carbons (Fsp3) is 0.200. The molecule has 1 aliphatic heterocycles. The van der Waals surface area contributed by atoms with Crippen LogP contribution in [0.2, 0.25) is 0 Å². The summed E-state index contributed by atoms with van der Waals surface area (Å²) in [5.74, 6) is 0.711. The highest BCUT2D eigenvalue weighted by molar-refractivity contribution is 9.10. The molecule has 0 unspecified atom stereocenters. The van der Waals surface area contributed by atoms with Crippen molar-refractivity contribution >= 4 is 33.9 Å². The standard InChI is InChI=1S/C20H19BrN2O4/c1-12-4-6-13(7-5-12)11-27-18-15(21)8-14(10-17(18)26-3)9-16-19(24)23(2)20(25)22-16/h4-10H,11H2,1-3H3,(H,22,25)/b16-9+. The molecule has 2 aromatic rings. The molecule has 7 heteroatoms. The molecule has 1 heterocycles. The first-order valence-corrected chi connectivity index (χ1v) is 9.05. The summed E-state index contributed by atoms with van der Waals surface area (Å²) in [5, 5.41) is 2.54. The zero-order valence-corrected chi connectivity index (χ0v) is 16.8. The molecule has 0 bridgehead atoms. The van der Waals surface area contributed by atoms with Crippen LogP contribution in [-0.2, 0) is 11.4 Å². The molecule has 1 saturated heterocycles. The van der Waals surface area contributed by atoms with Gasteiger partial charge in [0, 0.05) is 7.05 Å². The van der Waals surface area contributed by atoms with Crippen LogP contribution < -0.4 is 14.8 Å². The number of hydrogen-bond donors (Lipinski definition) is 1. The summed E-state index contributed by atoms with van der Waals surface area (Å²) in [6, 6.07) is 11.2. The molecule has 0 aromatic heterocycles. The van der Waals surface area contributed by atoms with Gasteiger partial charge in [0.2, 0.25) is 0 Å². The van der Waals surface area contributed by atoms with Gasteiger partial charge >= 0.3 is 6.03 Å². The number of likely N-dealkylation sites (N-methyl/N-ethyl adjacent to an activating group) is 1. The van der Waals surface area contributed by atoms with E-state index >= 15 is 0 Å². The van der Waals surface area contributed by atoms with Gasteiger partial charge in [0.05, 0.1) is 11.6 Å². The number of ether oxygens (including phenoxy) is 2. The lowest BCUT2D eigenvalue weighted by atomic mass is 10.1. The van der Waals surface area contributed by atoms with E-state index in [0.29, 0.717) is 28.1 Å². The molecule has 1 N–H and O–H groups in total. The first-order chi connectivity index (χ1) is 12.9. The first-order valence-electron chi connectivity index (χ1n) is 8.25. The van der Waals surface area contributed by atoms with Crippen LogP contribution in [0, 0.1) is 6.92 Å². The van der Waals surface area contributed by atoms with Crippen LogP contribution in [0.3, 0.4) is 0 Å². The Hall–Kier alpha value is -2.80. The second kappa shape index (κ2) is 7.84. The highest BCUT2D eigenvalue weighted by atomic mass is 79.9. The Balaban J connectivity index is 1.84. The lowest BCUT2D eigenvalue weighted by molar-refractivity contribution is -0.121. The fourth-order valence-electron chi connectivity index (χ4n) is 2.59. The molecule has 140 valence electrons. The van der Waals surface area contributed by atoms with Gasteiger partial charge in [-0.25, -0.2) is 4.79 Å². The van der Waals surface area contributed by atoms with E-state index in [0.717, 1.165) is 10.5 Å². The molecule has 3 rings (SSSR count). The summed E-state index contributed by atoms with van der Waals surface area (Å²) in [4.78, 5) is 24.6. The van der Waals surface area contributed by atoms with Crippen molar-refractivity contribution in [3.63, 3.8) is 0 Å². The smallest absolute Gasteiger partial charge is 0.328 e. The number of methoxy groups -OCH3 is 1. The predicted molar refractivity (Wildman–Crippen MR) is 105 cm³/mol. The second-order valence-electron chi connectivity index (χ2n) is 6.16. The SMILES string of the molecule is COc1cc(/C=C2/NC(=O)N(C)C2=O)cc(Br)c1OCc1ccc(C)cc1. The Bertz CT molecular complexity index is 922. The van der Waals surface area contributed by atoms with Crippen molar-refractivity contribution in [2.75, 3.05) is 14.2 Å². The first kappa shape index (κ1) is 19.0. The number of amides is 3. The van der Waals surface area contributed by atoms with Gasteiger partial charge in [0.1, 0.15) is 12.3 Å². The van der Waals surface area contributed by atoms with Crippen molar-refractivity contribution in [3.8, 4) is 11.5 Å². The van der Waals surface area contributed by atoms with Gasteiger partial charge in [0.15, 0.2) is 11.5 Å². The average Bonchev–Trinajstić information content (AvgIpc) is 2.88. The molecular weight excluding hydrogens is 412 g/mol. The number of rotatable bonds is 5. The number of carbonyl (C=O) groups is 2. The van der Waals surface area contributed by atoms with Crippen molar-refractivity contribution in [2.24, 2.45) is 0 Å². The van der Waals surface area contributed by atoms with Gasteiger partial charge in [-0.1, -0.05) is 29.8 Å². The maximum atomic E-state index is 12.0. The molecule has 0 aliphatic carbocycles. The highest BCUT2D eigenvalue weighted by Gasteiger charge is 2.30. The number of aryl methyl sites for hydroxylation is 1. The Morgan fingerprint density at radius 1 is 1.19 bits per heavy atom. The van der Waals surface area contributed by atoms with E-state index in [1.165, 1.54) is 12.6 Å². The molecule has 2 aromatic carbocycles. The van der Waals surface area contributed by atoms with Crippen LogP contribution in [0.5, 0.6) is 11.5 Å². The normalized spacial score (nSPS) is 15.3. The van der Waals surface area contributed by atoms with E-state index in [2.05, 4.69) is 21.2 Å². The maximum Gasteiger partial charge on any atom is 0.328 e. The third-order valence-electron chi connectivity index (χ3n) is 4.15. The van der Waals surface area contributed by atoms with E-state index in [1.807, 2.05) is 31.2 Å². The minimum absolute atomic E-state index is 0.213. The van der Waals surface area contributed by atoms with E-state index in [-0.39, 0.29) is 11.6 Å². The van der Waals surface area contributed by atoms with Crippen LogP contribution in [0.15, 0.2) is 46.6 Å². The van der Waals surface area contributed by atoms with Crippen LogP contribution in [0.1, 0.15) is 16.7 Å². The van der Waals surface area contributed by atoms with Crippen molar-refractivity contribution in [1.29, 1.82) is 0 Å². The van der Waals surface area contributed by atoms with Crippen LogP contribution >= 0.6 is 15.9 Å². The van der Waals surface area contributed by atoms with E-state index < -0.39 is 6.03 Å². The molecule has 0 atom stereocenters. The van der Waals surface area contributed by atoms with Crippen LogP contribution in [0.4, 0.5) is 4.79 Å². The summed E-state index contributed by atoms with van der Waals surface area (Å²) in [7, 11) is 2.98. The molecule has 0 saturated carbocycles. The van der Waals surface area contributed by atoms with Gasteiger partial charge < -0.3 is 14.8 Å². The van der Waals surface area contributed by atoms with Crippen molar-refractivity contribution < 1.29 is 19.1 Å². The lowest BCUT2D eigenvalue weighted by Crippen LogP contribution is -2.25. The Kier molecular flexibility index (Phi) is 5.51. The molecular formula is C20H19BrN2O4. The minimum atomic E-state index is -0.449. The average molecular weight is 431 g/mol. The second-order valence-corrected chi connectivity index (χ2v) is 7.02. The summed E-state index contributed by atoms with van der Waals surface area (Å²) >= 11 is 3.50. The van der Waals surface area contributed by atoms with Gasteiger partial charge in [-0.3, -0.25) is 9.69 Å². The molecule has 0 radical (unpaired) electrons. The maximum absolute atomic E-state index is 12.0. The largest absolute Gasteiger partial charge is 0.493 e. The predicted octanol–water partition coefficient (Wildman–Crippen LogP) is 3.87. The molecule has 27 heavy (non-hydrogen) atoms. The number of benzene rings is 2. The van der Waals surface area contributed by atoms with E-state index in [4.69, 9.17) is 9.47 Å². The van der Waals surface area contributed by atoms with Crippen molar-refractivity contribution in [2.45, 2.75) is 13.5 Å². The van der Waals surface area contributed by atoms with Gasteiger partial charge in [-0.15, -0.1) is 0 Å². The minimum Gasteiger partial charge on any atom is -0.493 e. The van der Waals surface area contributed by atoms with Crippen LogP contribution in [0.25, 0.3) is 6.08 Å². The van der Waals surface area contributed by atoms with Gasteiger partial charge in [-0.2, -0.15) is 0 Å². The Morgan fingerprint density at radius 3 is 2.48 bits per heavy atom. The van der Waals surface area contributed by atoms with E-state index in [1.54, 1.807) is 25.3 Å².